The number of anilines is 2. The van der Waals surface area contributed by atoms with Crippen LogP contribution in [0.1, 0.15) is 25.0 Å². The molecule has 164 valence electrons. The second kappa shape index (κ2) is 10.1. The van der Waals surface area contributed by atoms with Crippen LogP contribution in [-0.4, -0.2) is 44.2 Å². The molecule has 3 aromatic rings. The lowest BCUT2D eigenvalue weighted by Gasteiger charge is -2.19. The third-order valence-corrected chi connectivity index (χ3v) is 4.67. The number of nitrogens with one attached hydrogen (secondary N) is 1. The van der Waals surface area contributed by atoms with Gasteiger partial charge in [0.2, 0.25) is 0 Å². The van der Waals surface area contributed by atoms with Crippen LogP contribution >= 0.6 is 0 Å². The van der Waals surface area contributed by atoms with Crippen LogP contribution in [0.2, 0.25) is 0 Å². The average Bonchev–Trinajstić information content (AvgIpc) is 3.13. The van der Waals surface area contributed by atoms with Gasteiger partial charge in [-0.25, -0.2) is 14.6 Å². The first-order valence-corrected chi connectivity index (χ1v) is 10.0. The monoisotopic (exact) mass is 426 g/mol. The summed E-state index contributed by atoms with van der Waals surface area (Å²) in [5, 5.41) is 19.3. The van der Waals surface area contributed by atoms with Crippen LogP contribution < -0.4 is 5.32 Å². The number of benzene rings is 1. The van der Waals surface area contributed by atoms with Crippen LogP contribution in [0.25, 0.3) is 11.3 Å². The predicted molar refractivity (Wildman–Crippen MR) is 116 cm³/mol. The van der Waals surface area contributed by atoms with Crippen molar-refractivity contribution in [1.82, 2.24) is 19.7 Å². The van der Waals surface area contributed by atoms with Crippen LogP contribution in [0.4, 0.5) is 17.2 Å². The van der Waals surface area contributed by atoms with E-state index in [4.69, 9.17) is 9.47 Å². The molecule has 2 heterocycles. The highest BCUT2D eigenvalue weighted by molar-refractivity contribution is 5.69. The van der Waals surface area contributed by atoms with Gasteiger partial charge in [0, 0.05) is 54.6 Å². The van der Waals surface area contributed by atoms with E-state index in [2.05, 4.69) is 20.4 Å². The van der Waals surface area contributed by atoms with Gasteiger partial charge in [-0.3, -0.25) is 10.1 Å². The van der Waals surface area contributed by atoms with E-state index in [0.29, 0.717) is 42.5 Å². The molecule has 0 spiro atoms. The van der Waals surface area contributed by atoms with Crippen molar-refractivity contribution in [3.8, 4) is 11.3 Å². The second-order valence-electron chi connectivity index (χ2n) is 6.90. The Hall–Kier alpha value is -3.37. The Morgan fingerprint density at radius 1 is 1.10 bits per heavy atom. The first-order valence-electron chi connectivity index (χ1n) is 10.0. The third-order valence-electron chi connectivity index (χ3n) is 4.67. The number of hydrogen-bond donors (Lipinski definition) is 1. The highest BCUT2D eigenvalue weighted by atomic mass is 16.7. The maximum Gasteiger partial charge on any atom is 0.274 e. The minimum absolute atomic E-state index is 0.0531. The lowest BCUT2D eigenvalue weighted by atomic mass is 10.1. The van der Waals surface area contributed by atoms with Crippen molar-refractivity contribution < 1.29 is 14.4 Å². The van der Waals surface area contributed by atoms with Crippen LogP contribution in [-0.2, 0) is 16.0 Å². The molecule has 3 rings (SSSR count). The SMILES string of the molecule is CCOC(Cn1nc(-c2cncnc2)cc1Nc1cc([N+](=O)[O-])c(C)cc1C)OCC. The topological polar surface area (TPSA) is 117 Å². The van der Waals surface area contributed by atoms with Gasteiger partial charge in [-0.1, -0.05) is 0 Å². The Balaban J connectivity index is 2.00. The Morgan fingerprint density at radius 3 is 2.39 bits per heavy atom. The van der Waals surface area contributed by atoms with E-state index in [1.165, 1.54) is 12.4 Å². The van der Waals surface area contributed by atoms with Crippen LogP contribution in [0, 0.1) is 24.0 Å². The fourth-order valence-electron chi connectivity index (χ4n) is 3.21. The number of hydrogen-bond acceptors (Lipinski definition) is 8. The van der Waals surface area contributed by atoms with E-state index < -0.39 is 6.29 Å². The summed E-state index contributed by atoms with van der Waals surface area (Å²) in [5.41, 5.74) is 3.58. The van der Waals surface area contributed by atoms with Gasteiger partial charge >= 0.3 is 0 Å². The number of aromatic nitrogens is 4. The molecule has 2 aromatic heterocycles. The maximum atomic E-state index is 11.4. The zero-order valence-corrected chi connectivity index (χ0v) is 18.0. The summed E-state index contributed by atoms with van der Waals surface area (Å²) < 4.78 is 13.1. The van der Waals surface area contributed by atoms with E-state index in [9.17, 15) is 10.1 Å². The van der Waals surface area contributed by atoms with Gasteiger partial charge in [0.05, 0.1) is 17.2 Å². The number of aryl methyl sites for hydroxylation is 2. The summed E-state index contributed by atoms with van der Waals surface area (Å²) in [4.78, 5) is 19.1. The third kappa shape index (κ3) is 5.41. The first kappa shape index (κ1) is 22.3. The Kier molecular flexibility index (Phi) is 7.27. The van der Waals surface area contributed by atoms with Gasteiger partial charge < -0.3 is 14.8 Å². The van der Waals surface area contributed by atoms with Gasteiger partial charge in [0.1, 0.15) is 12.1 Å². The number of nitro groups is 1. The van der Waals surface area contributed by atoms with Crippen molar-refractivity contribution in [3.05, 3.63) is 58.2 Å². The smallest absolute Gasteiger partial charge is 0.274 e. The predicted octanol–water partition coefficient (Wildman–Crippen LogP) is 4.01. The molecule has 0 atom stereocenters. The first-order chi connectivity index (χ1) is 14.9. The number of ether oxygens (including phenoxy) is 2. The summed E-state index contributed by atoms with van der Waals surface area (Å²) in [5.74, 6) is 0.643. The Bertz CT molecular complexity index is 1030. The molecule has 1 aromatic carbocycles. The second-order valence-corrected chi connectivity index (χ2v) is 6.90. The molecule has 0 fully saturated rings. The highest BCUT2D eigenvalue weighted by Crippen LogP contribution is 2.30. The molecule has 0 radical (unpaired) electrons. The summed E-state index contributed by atoms with van der Waals surface area (Å²) in [6.45, 7) is 8.75. The van der Waals surface area contributed by atoms with E-state index >= 15 is 0 Å². The van der Waals surface area contributed by atoms with E-state index in [0.717, 1.165) is 11.1 Å². The average molecular weight is 426 g/mol. The van der Waals surface area contributed by atoms with E-state index in [1.807, 2.05) is 26.8 Å². The Morgan fingerprint density at radius 2 is 1.77 bits per heavy atom. The molecule has 0 amide bonds. The molecule has 31 heavy (non-hydrogen) atoms. The van der Waals surface area contributed by atoms with Gasteiger partial charge in [-0.05, 0) is 39.3 Å². The standard InChI is InChI=1S/C21H26N6O4/c1-5-30-21(31-6-2)12-26-20(9-18(25-26)16-10-22-13-23-11-16)24-17-8-19(27(28)29)15(4)7-14(17)3/h7-11,13,21,24H,5-6,12H2,1-4H3. The molecule has 0 bridgehead atoms. The van der Waals surface area contributed by atoms with Crippen molar-refractivity contribution in [1.29, 1.82) is 0 Å². The van der Waals surface area contributed by atoms with Gasteiger partial charge in [-0.15, -0.1) is 0 Å². The van der Waals surface area contributed by atoms with Crippen LogP contribution in [0.15, 0.2) is 36.9 Å². The molecule has 0 aliphatic heterocycles. The van der Waals surface area contributed by atoms with Crippen LogP contribution in [0.5, 0.6) is 0 Å². The number of nitrogens with zero attached hydrogens (tertiary/aromatic N) is 5. The van der Waals surface area contributed by atoms with Gasteiger partial charge in [-0.2, -0.15) is 5.10 Å². The highest BCUT2D eigenvalue weighted by Gasteiger charge is 2.18. The summed E-state index contributed by atoms with van der Waals surface area (Å²) in [6, 6.07) is 5.17. The molecular weight excluding hydrogens is 400 g/mol. The molecule has 0 saturated heterocycles. The van der Waals surface area contributed by atoms with E-state index in [1.54, 1.807) is 30.1 Å². The zero-order valence-electron chi connectivity index (χ0n) is 18.0. The number of rotatable bonds is 10. The fraction of sp³-hybridized carbons (Fsp3) is 0.381. The van der Waals surface area contributed by atoms with E-state index in [-0.39, 0.29) is 10.6 Å². The molecule has 0 aliphatic carbocycles. The molecule has 10 nitrogen and oxygen atoms in total. The fourth-order valence-corrected chi connectivity index (χ4v) is 3.21. The lowest BCUT2D eigenvalue weighted by Crippen LogP contribution is -2.25. The molecule has 10 heteroatoms. The van der Waals surface area contributed by atoms with Crippen molar-refractivity contribution in [3.63, 3.8) is 0 Å². The quantitative estimate of drug-likeness (QED) is 0.294. The molecule has 0 aliphatic rings. The molecule has 0 unspecified atom stereocenters. The van der Waals surface area contributed by atoms with Crippen molar-refractivity contribution in [2.75, 3.05) is 18.5 Å². The minimum Gasteiger partial charge on any atom is -0.351 e. The normalized spacial score (nSPS) is 11.1. The largest absolute Gasteiger partial charge is 0.351 e. The van der Waals surface area contributed by atoms with Gasteiger partial charge in [0.15, 0.2) is 6.29 Å². The Labute approximate surface area is 180 Å². The van der Waals surface area contributed by atoms with Crippen molar-refractivity contribution in [2.45, 2.75) is 40.5 Å². The molecular formula is C21H26N6O4. The van der Waals surface area contributed by atoms with Crippen LogP contribution in [0.3, 0.4) is 0 Å². The molecule has 0 saturated carbocycles. The number of nitro benzene ring substituents is 1. The summed E-state index contributed by atoms with van der Waals surface area (Å²) in [6.07, 6.45) is 4.32. The lowest BCUT2D eigenvalue weighted by molar-refractivity contribution is -0.385. The molecule has 1 N–H and O–H groups in total. The van der Waals surface area contributed by atoms with Crippen molar-refractivity contribution in [2.24, 2.45) is 0 Å². The summed E-state index contributed by atoms with van der Waals surface area (Å²) >= 11 is 0. The minimum atomic E-state index is -0.483. The maximum absolute atomic E-state index is 11.4. The zero-order chi connectivity index (χ0) is 22.4. The summed E-state index contributed by atoms with van der Waals surface area (Å²) in [7, 11) is 0. The van der Waals surface area contributed by atoms with Crippen molar-refractivity contribution >= 4 is 17.2 Å². The van der Waals surface area contributed by atoms with Gasteiger partial charge in [0.25, 0.3) is 5.69 Å².